The highest BCUT2D eigenvalue weighted by Gasteiger charge is 2.33. The van der Waals surface area contributed by atoms with E-state index in [1.165, 1.54) is 4.68 Å². The van der Waals surface area contributed by atoms with E-state index < -0.39 is 15.6 Å². The molecule has 1 aliphatic heterocycles. The van der Waals surface area contributed by atoms with Gasteiger partial charge in [-0.25, -0.2) is 13.1 Å². The first-order chi connectivity index (χ1) is 9.79. The van der Waals surface area contributed by atoms with Crippen molar-refractivity contribution in [2.24, 2.45) is 0 Å². The Labute approximate surface area is 125 Å². The molecule has 2 N–H and O–H groups in total. The third-order valence-corrected chi connectivity index (χ3v) is 5.48. The molecular formula is C13H23N3O4S. The summed E-state index contributed by atoms with van der Waals surface area (Å²) in [6, 6.07) is 0. The summed E-state index contributed by atoms with van der Waals surface area (Å²) in [6.45, 7) is 6.38. The molecule has 21 heavy (non-hydrogen) atoms. The van der Waals surface area contributed by atoms with Crippen LogP contribution in [0.2, 0.25) is 0 Å². The molecule has 2 heterocycles. The second-order valence-corrected chi connectivity index (χ2v) is 7.38. The average Bonchev–Trinajstić information content (AvgIpc) is 2.94. The van der Waals surface area contributed by atoms with Crippen LogP contribution >= 0.6 is 0 Å². The third kappa shape index (κ3) is 3.45. The lowest BCUT2D eigenvalue weighted by atomic mass is 10.0. The molecule has 0 bridgehead atoms. The summed E-state index contributed by atoms with van der Waals surface area (Å²) >= 11 is 0. The second kappa shape index (κ2) is 6.04. The summed E-state index contributed by atoms with van der Waals surface area (Å²) in [5, 5.41) is 13.2. The Bertz CT molecular complexity index is 603. The zero-order valence-electron chi connectivity index (χ0n) is 12.7. The molecule has 1 aromatic rings. The Morgan fingerprint density at radius 2 is 2.19 bits per heavy atom. The van der Waals surface area contributed by atoms with Crippen molar-refractivity contribution in [2.45, 2.75) is 50.7 Å². The minimum atomic E-state index is -3.64. The lowest BCUT2D eigenvalue weighted by Crippen LogP contribution is -2.40. The number of hydrogen-bond donors (Lipinski definition) is 2. The molecule has 7 nitrogen and oxygen atoms in total. The summed E-state index contributed by atoms with van der Waals surface area (Å²) in [6.07, 6.45) is 1.79. The number of nitrogens with one attached hydrogen (secondary N) is 1. The summed E-state index contributed by atoms with van der Waals surface area (Å²) in [5.74, 6) is 0. The van der Waals surface area contributed by atoms with E-state index in [1.807, 2.05) is 6.92 Å². The van der Waals surface area contributed by atoms with Gasteiger partial charge in [0.05, 0.1) is 30.1 Å². The van der Waals surface area contributed by atoms with Crippen LogP contribution in [0.5, 0.6) is 0 Å². The van der Waals surface area contributed by atoms with Crippen molar-refractivity contribution in [3.8, 4) is 0 Å². The van der Waals surface area contributed by atoms with E-state index in [0.29, 0.717) is 18.0 Å². The molecule has 1 atom stereocenters. The fourth-order valence-corrected chi connectivity index (χ4v) is 4.24. The molecule has 120 valence electrons. The van der Waals surface area contributed by atoms with E-state index in [4.69, 9.17) is 9.84 Å². The number of rotatable bonds is 6. The van der Waals surface area contributed by atoms with Gasteiger partial charge < -0.3 is 9.84 Å². The molecule has 0 saturated carbocycles. The van der Waals surface area contributed by atoms with Gasteiger partial charge in [0, 0.05) is 13.2 Å². The summed E-state index contributed by atoms with van der Waals surface area (Å²) in [4.78, 5) is 0.192. The number of aliphatic hydroxyl groups excluding tert-OH is 1. The maximum atomic E-state index is 12.5. The van der Waals surface area contributed by atoms with Crippen LogP contribution in [0.3, 0.4) is 0 Å². The number of aliphatic hydroxyl groups is 1. The van der Waals surface area contributed by atoms with Gasteiger partial charge in [0.1, 0.15) is 4.90 Å². The van der Waals surface area contributed by atoms with E-state index in [9.17, 15) is 8.42 Å². The lowest BCUT2D eigenvalue weighted by Gasteiger charge is -2.23. The van der Waals surface area contributed by atoms with Crippen LogP contribution in [0, 0.1) is 13.8 Å². The van der Waals surface area contributed by atoms with Crippen molar-refractivity contribution in [2.75, 3.05) is 19.8 Å². The lowest BCUT2D eigenvalue weighted by molar-refractivity contribution is 0.0250. The number of hydrogen-bond acceptors (Lipinski definition) is 5. The highest BCUT2D eigenvalue weighted by atomic mass is 32.2. The zero-order valence-corrected chi connectivity index (χ0v) is 13.5. The van der Waals surface area contributed by atoms with Crippen molar-refractivity contribution in [1.29, 1.82) is 0 Å². The van der Waals surface area contributed by atoms with Crippen molar-refractivity contribution in [3.63, 3.8) is 0 Å². The molecule has 0 amide bonds. The first kappa shape index (κ1) is 16.4. The summed E-state index contributed by atoms with van der Waals surface area (Å²) < 4.78 is 34.7. The van der Waals surface area contributed by atoms with Gasteiger partial charge in [0.2, 0.25) is 10.0 Å². The van der Waals surface area contributed by atoms with Crippen LogP contribution in [0.1, 0.15) is 31.2 Å². The van der Waals surface area contributed by atoms with Crippen LogP contribution in [0.25, 0.3) is 0 Å². The van der Waals surface area contributed by atoms with Gasteiger partial charge in [-0.05, 0) is 33.6 Å². The zero-order chi connectivity index (χ0) is 15.7. The minimum Gasteiger partial charge on any atom is -0.394 e. The maximum absolute atomic E-state index is 12.5. The predicted molar refractivity (Wildman–Crippen MR) is 77.6 cm³/mol. The molecule has 1 aliphatic rings. The standard InChI is InChI=1S/C13H23N3O4S/c1-10-12(11(2)16(15-10)6-7-17)21(18,19)14-9-13(3)5-4-8-20-13/h14,17H,4-9H2,1-3H3. The molecule has 2 rings (SSSR count). The fraction of sp³-hybridized carbons (Fsp3) is 0.769. The van der Waals surface area contributed by atoms with Crippen molar-refractivity contribution in [1.82, 2.24) is 14.5 Å². The van der Waals surface area contributed by atoms with E-state index in [1.54, 1.807) is 13.8 Å². The smallest absolute Gasteiger partial charge is 0.244 e. The Kier molecular flexibility index (Phi) is 4.72. The monoisotopic (exact) mass is 317 g/mol. The maximum Gasteiger partial charge on any atom is 0.244 e. The van der Waals surface area contributed by atoms with E-state index >= 15 is 0 Å². The first-order valence-corrected chi connectivity index (χ1v) is 8.56. The first-order valence-electron chi connectivity index (χ1n) is 7.07. The van der Waals surface area contributed by atoms with Gasteiger partial charge >= 0.3 is 0 Å². The van der Waals surface area contributed by atoms with Crippen molar-refractivity contribution < 1.29 is 18.3 Å². The summed E-state index contributed by atoms with van der Waals surface area (Å²) in [7, 11) is -3.64. The van der Waals surface area contributed by atoms with E-state index in [-0.39, 0.29) is 24.6 Å². The van der Waals surface area contributed by atoms with Crippen LogP contribution in [0.15, 0.2) is 4.90 Å². The molecule has 8 heteroatoms. The molecule has 1 aromatic heterocycles. The Morgan fingerprint density at radius 3 is 2.76 bits per heavy atom. The third-order valence-electron chi connectivity index (χ3n) is 3.83. The van der Waals surface area contributed by atoms with Crippen LogP contribution in [0.4, 0.5) is 0 Å². The summed E-state index contributed by atoms with van der Waals surface area (Å²) in [5.41, 5.74) is 0.535. The van der Waals surface area contributed by atoms with Crippen LogP contribution < -0.4 is 4.72 Å². The van der Waals surface area contributed by atoms with Crippen molar-refractivity contribution in [3.05, 3.63) is 11.4 Å². The van der Waals surface area contributed by atoms with Crippen LogP contribution in [-0.2, 0) is 21.3 Å². The highest BCUT2D eigenvalue weighted by Crippen LogP contribution is 2.25. The molecule has 0 spiro atoms. The average molecular weight is 317 g/mol. The molecular weight excluding hydrogens is 294 g/mol. The molecule has 0 aliphatic carbocycles. The van der Waals surface area contributed by atoms with Gasteiger partial charge in [-0.1, -0.05) is 0 Å². The number of aryl methyl sites for hydroxylation is 1. The molecule has 0 aromatic carbocycles. The second-order valence-electron chi connectivity index (χ2n) is 5.67. The number of sulfonamides is 1. The quantitative estimate of drug-likeness (QED) is 0.789. The van der Waals surface area contributed by atoms with E-state index in [2.05, 4.69) is 9.82 Å². The van der Waals surface area contributed by atoms with Crippen molar-refractivity contribution >= 4 is 10.0 Å². The SMILES string of the molecule is Cc1nn(CCO)c(C)c1S(=O)(=O)NCC1(C)CCCO1. The Morgan fingerprint density at radius 1 is 1.48 bits per heavy atom. The number of aromatic nitrogens is 2. The van der Waals surface area contributed by atoms with Gasteiger partial charge in [-0.2, -0.15) is 5.10 Å². The topological polar surface area (TPSA) is 93.5 Å². The molecule has 1 saturated heterocycles. The predicted octanol–water partition coefficient (Wildman–Crippen LogP) is 0.340. The van der Waals surface area contributed by atoms with E-state index in [0.717, 1.165) is 12.8 Å². The van der Waals surface area contributed by atoms with Gasteiger partial charge in [-0.15, -0.1) is 0 Å². The number of nitrogens with zero attached hydrogens (tertiary/aromatic N) is 2. The highest BCUT2D eigenvalue weighted by molar-refractivity contribution is 7.89. The Balaban J connectivity index is 2.19. The normalized spacial score (nSPS) is 22.9. The molecule has 0 radical (unpaired) electrons. The minimum absolute atomic E-state index is 0.0826. The van der Waals surface area contributed by atoms with Gasteiger partial charge in [0.25, 0.3) is 0 Å². The van der Waals surface area contributed by atoms with Crippen LogP contribution in [-0.4, -0.2) is 48.7 Å². The number of ether oxygens (including phenoxy) is 1. The van der Waals surface area contributed by atoms with Gasteiger partial charge in [0.15, 0.2) is 0 Å². The largest absolute Gasteiger partial charge is 0.394 e. The molecule has 1 fully saturated rings. The molecule has 1 unspecified atom stereocenters. The van der Waals surface area contributed by atoms with Gasteiger partial charge in [-0.3, -0.25) is 4.68 Å². The Hall–Kier alpha value is -0.960. The fourth-order valence-electron chi connectivity index (χ4n) is 2.68.